The van der Waals surface area contributed by atoms with E-state index in [2.05, 4.69) is 45.2 Å². The summed E-state index contributed by atoms with van der Waals surface area (Å²) < 4.78 is 2.82. The number of ketones is 2. The quantitative estimate of drug-likeness (QED) is 0.240. The van der Waals surface area contributed by atoms with E-state index in [0.717, 1.165) is 7.16 Å². The summed E-state index contributed by atoms with van der Waals surface area (Å²) in [5.74, 6) is -0.769. The fraction of sp³-hybridized carbons (Fsp3) is 0. The molecule has 0 aromatic carbocycles. The maximum absolute atomic E-state index is 11.2. The van der Waals surface area contributed by atoms with Gasteiger partial charge in [0.25, 0.3) is 0 Å². The Bertz CT molecular complexity index is 290. The molecule has 0 fully saturated rings. The molecule has 0 saturated heterocycles. The van der Waals surface area contributed by atoms with Crippen molar-refractivity contribution in [3.63, 3.8) is 0 Å². The first-order valence-electron chi connectivity index (χ1n) is 2.66. The van der Waals surface area contributed by atoms with Crippen LogP contribution < -0.4 is 0 Å². The van der Waals surface area contributed by atoms with Crippen LogP contribution in [0.1, 0.15) is 0 Å². The molecule has 1 aliphatic rings. The van der Waals surface area contributed by atoms with Gasteiger partial charge in [-0.1, -0.05) is 0 Å². The number of rotatable bonds is 0. The summed E-state index contributed by atoms with van der Waals surface area (Å²) >= 11 is 7.97. The van der Waals surface area contributed by atoms with E-state index in [1.54, 1.807) is 0 Å². The fourth-order valence-electron chi connectivity index (χ4n) is 0.591. The Labute approximate surface area is 124 Å². The third-order valence-corrected chi connectivity index (χ3v) is 8.50. The number of hydrogen-bond acceptors (Lipinski definition) is 2. The Morgan fingerprint density at radius 1 is 0.583 bits per heavy atom. The van der Waals surface area contributed by atoms with Crippen LogP contribution in [0.5, 0.6) is 0 Å². The van der Waals surface area contributed by atoms with Gasteiger partial charge in [0, 0.05) is 7.16 Å². The molecule has 64 valence electrons. The lowest BCUT2D eigenvalue weighted by atomic mass is 10.1. The van der Waals surface area contributed by atoms with Crippen LogP contribution >= 0.6 is 90.4 Å². The summed E-state index contributed by atoms with van der Waals surface area (Å²) in [6, 6.07) is 0. The van der Waals surface area contributed by atoms with Gasteiger partial charge < -0.3 is 0 Å². The third-order valence-electron chi connectivity index (χ3n) is 1.18. The van der Waals surface area contributed by atoms with Crippen LogP contribution in [0.3, 0.4) is 0 Å². The maximum atomic E-state index is 11.2. The molecule has 0 amide bonds. The van der Waals surface area contributed by atoms with Gasteiger partial charge in [-0.05, 0) is 90.4 Å². The first-order valence-corrected chi connectivity index (χ1v) is 6.98. The predicted molar refractivity (Wildman–Crippen MR) is 80.1 cm³/mol. The molecule has 0 unspecified atom stereocenters. The van der Waals surface area contributed by atoms with Crippen molar-refractivity contribution >= 4 is 102 Å². The van der Waals surface area contributed by atoms with Crippen LogP contribution in [-0.4, -0.2) is 11.6 Å². The normalized spacial score (nSPS) is 19.3. The molecule has 1 rings (SSSR count). The highest BCUT2D eigenvalue weighted by atomic mass is 127. The summed E-state index contributed by atoms with van der Waals surface area (Å²) in [6.07, 6.45) is 0. The van der Waals surface area contributed by atoms with E-state index in [1.807, 2.05) is 45.2 Å². The van der Waals surface area contributed by atoms with Crippen molar-refractivity contribution in [2.45, 2.75) is 0 Å². The van der Waals surface area contributed by atoms with Gasteiger partial charge in [0.1, 0.15) is 0 Å². The minimum absolute atomic E-state index is 0.384. The third kappa shape index (κ3) is 2.04. The van der Waals surface area contributed by atoms with Crippen molar-refractivity contribution < 1.29 is 9.59 Å². The van der Waals surface area contributed by atoms with Crippen LogP contribution in [0.4, 0.5) is 0 Å². The molecule has 0 radical (unpaired) electrons. The molecule has 6 heteroatoms. The van der Waals surface area contributed by atoms with Crippen LogP contribution in [0, 0.1) is 0 Å². The van der Waals surface area contributed by atoms with Gasteiger partial charge in [0.15, 0.2) is 0 Å². The lowest BCUT2D eigenvalue weighted by Gasteiger charge is -2.10. The molecular formula is C6I4O2. The van der Waals surface area contributed by atoms with Gasteiger partial charge in [0.05, 0.1) is 7.16 Å². The van der Waals surface area contributed by atoms with Crippen molar-refractivity contribution in [3.8, 4) is 0 Å². The predicted octanol–water partition coefficient (Wildman–Crippen LogP) is 3.30. The van der Waals surface area contributed by atoms with Crippen molar-refractivity contribution in [2.24, 2.45) is 0 Å². The standard InChI is InChI=1S/C6I4O2/c7-1-2(8)4(10)6(12)5(11)3(1)9. The van der Waals surface area contributed by atoms with Gasteiger partial charge in [0.2, 0.25) is 11.6 Å². The summed E-state index contributed by atoms with van der Waals surface area (Å²) in [5, 5.41) is 0. The van der Waals surface area contributed by atoms with Crippen LogP contribution in [-0.2, 0) is 9.59 Å². The monoisotopic (exact) mass is 612 g/mol. The van der Waals surface area contributed by atoms with E-state index in [-0.39, 0.29) is 11.6 Å². The van der Waals surface area contributed by atoms with Gasteiger partial charge in [-0.2, -0.15) is 0 Å². The highest BCUT2D eigenvalue weighted by Gasteiger charge is 2.30. The number of carbonyl (C=O) groups is 2. The van der Waals surface area contributed by atoms with E-state index in [9.17, 15) is 9.59 Å². The van der Waals surface area contributed by atoms with Crippen LogP contribution in [0.15, 0.2) is 14.3 Å². The van der Waals surface area contributed by atoms with Gasteiger partial charge in [-0.15, -0.1) is 0 Å². The molecule has 2 nitrogen and oxygen atoms in total. The molecule has 0 aliphatic heterocycles. The number of Topliss-reactive ketones (excluding diaryl/α,β-unsaturated/α-hetero) is 2. The number of hydrogen-bond donors (Lipinski definition) is 0. The first-order chi connectivity index (χ1) is 5.46. The SMILES string of the molecule is O=C1C(=O)C(I)=C(I)C(I)=C1I. The van der Waals surface area contributed by atoms with Crippen molar-refractivity contribution in [2.75, 3.05) is 0 Å². The van der Waals surface area contributed by atoms with Gasteiger partial charge >= 0.3 is 0 Å². The van der Waals surface area contributed by atoms with E-state index in [1.165, 1.54) is 0 Å². The Morgan fingerprint density at radius 2 is 0.833 bits per heavy atom. The number of carbonyl (C=O) groups excluding carboxylic acids is 2. The zero-order valence-corrected chi connectivity index (χ0v) is 14.0. The van der Waals surface area contributed by atoms with E-state index in [0.29, 0.717) is 7.16 Å². The van der Waals surface area contributed by atoms with Gasteiger partial charge in [-0.3, -0.25) is 9.59 Å². The van der Waals surface area contributed by atoms with Crippen molar-refractivity contribution in [1.82, 2.24) is 0 Å². The second-order valence-corrected chi connectivity index (χ2v) is 6.23. The minimum Gasteiger partial charge on any atom is -0.284 e. The fourth-order valence-corrected chi connectivity index (χ4v) is 3.68. The average molecular weight is 612 g/mol. The largest absolute Gasteiger partial charge is 0.284 e. The molecule has 0 atom stereocenters. The molecule has 12 heavy (non-hydrogen) atoms. The summed E-state index contributed by atoms with van der Waals surface area (Å²) in [4.78, 5) is 22.5. The van der Waals surface area contributed by atoms with E-state index < -0.39 is 0 Å². The molecule has 0 saturated carbocycles. The Morgan fingerprint density at radius 3 is 1.08 bits per heavy atom. The zero-order valence-electron chi connectivity index (χ0n) is 5.33. The molecule has 0 spiro atoms. The Balaban J connectivity index is 3.37. The van der Waals surface area contributed by atoms with E-state index >= 15 is 0 Å². The number of halogens is 4. The second-order valence-electron chi connectivity index (χ2n) is 1.91. The summed E-state index contributed by atoms with van der Waals surface area (Å²) in [7, 11) is 0. The van der Waals surface area contributed by atoms with Crippen LogP contribution in [0.2, 0.25) is 0 Å². The smallest absolute Gasteiger partial charge is 0.241 e. The molecule has 0 heterocycles. The van der Waals surface area contributed by atoms with Crippen LogP contribution in [0.25, 0.3) is 0 Å². The summed E-state index contributed by atoms with van der Waals surface area (Å²) in [6.45, 7) is 0. The Hall–Kier alpha value is 1.74. The van der Waals surface area contributed by atoms with Crippen molar-refractivity contribution in [1.29, 1.82) is 0 Å². The lowest BCUT2D eigenvalue weighted by Crippen LogP contribution is -2.18. The number of allylic oxidation sites excluding steroid dienone is 4. The molecule has 1 aliphatic carbocycles. The molecular weight excluding hydrogens is 612 g/mol. The Kier molecular flexibility index (Phi) is 4.44. The average Bonchev–Trinajstić information content (AvgIpc) is 2.08. The van der Waals surface area contributed by atoms with Gasteiger partial charge in [-0.25, -0.2) is 0 Å². The molecule has 0 bridgehead atoms. The minimum atomic E-state index is -0.384. The summed E-state index contributed by atoms with van der Waals surface area (Å²) in [5.41, 5.74) is 0. The van der Waals surface area contributed by atoms with Crippen molar-refractivity contribution in [3.05, 3.63) is 14.3 Å². The maximum Gasteiger partial charge on any atom is 0.241 e. The molecule has 0 aromatic heterocycles. The second kappa shape index (κ2) is 4.51. The molecule has 0 N–H and O–H groups in total. The van der Waals surface area contributed by atoms with E-state index in [4.69, 9.17) is 0 Å². The molecule has 0 aromatic rings. The highest BCUT2D eigenvalue weighted by molar-refractivity contribution is 14.1. The first kappa shape index (κ1) is 11.8. The highest BCUT2D eigenvalue weighted by Crippen LogP contribution is 2.39. The zero-order chi connectivity index (χ0) is 9.46. The topological polar surface area (TPSA) is 34.1 Å². The lowest BCUT2D eigenvalue weighted by molar-refractivity contribution is -0.131.